The highest BCUT2D eigenvalue weighted by Gasteiger charge is 2.19. The third-order valence-electron chi connectivity index (χ3n) is 2.76. The predicted octanol–water partition coefficient (Wildman–Crippen LogP) is 1.44. The standard InChI is InChI=1S/C12H14FNO3/c13-8-1-2-11(15)10(7-8)12(16)14-9-3-5-17-6-4-9/h1-2,7,9,15H,3-6H2,(H,14,16). The molecule has 0 radical (unpaired) electrons. The van der Waals surface area contributed by atoms with Crippen molar-refractivity contribution in [2.45, 2.75) is 18.9 Å². The molecule has 0 bridgehead atoms. The molecule has 0 aliphatic carbocycles. The first-order valence-electron chi connectivity index (χ1n) is 5.54. The maximum absolute atomic E-state index is 13.0. The van der Waals surface area contributed by atoms with Crippen LogP contribution in [0.5, 0.6) is 5.75 Å². The first kappa shape index (κ1) is 11.9. The second kappa shape index (κ2) is 5.14. The average molecular weight is 239 g/mol. The Kier molecular flexibility index (Phi) is 3.58. The minimum Gasteiger partial charge on any atom is -0.507 e. The van der Waals surface area contributed by atoms with Gasteiger partial charge in [-0.15, -0.1) is 0 Å². The zero-order valence-corrected chi connectivity index (χ0v) is 9.28. The van der Waals surface area contributed by atoms with E-state index < -0.39 is 11.7 Å². The Hall–Kier alpha value is -1.62. The number of phenols is 1. The molecule has 2 N–H and O–H groups in total. The molecule has 2 rings (SSSR count). The maximum atomic E-state index is 13.0. The number of amides is 1. The highest BCUT2D eigenvalue weighted by atomic mass is 19.1. The van der Waals surface area contributed by atoms with Gasteiger partial charge in [-0.05, 0) is 31.0 Å². The SMILES string of the molecule is O=C(NC1CCOCC1)c1cc(F)ccc1O. The average Bonchev–Trinajstić information content (AvgIpc) is 2.33. The fourth-order valence-electron chi connectivity index (χ4n) is 1.80. The molecule has 1 aromatic rings. The summed E-state index contributed by atoms with van der Waals surface area (Å²) in [7, 11) is 0. The van der Waals surface area contributed by atoms with Crippen molar-refractivity contribution in [1.29, 1.82) is 0 Å². The van der Waals surface area contributed by atoms with Crippen molar-refractivity contribution in [3.63, 3.8) is 0 Å². The minimum absolute atomic E-state index is 0.0268. The van der Waals surface area contributed by atoms with Crippen LogP contribution in [-0.2, 0) is 4.74 Å². The first-order chi connectivity index (χ1) is 8.16. The number of benzene rings is 1. The van der Waals surface area contributed by atoms with Crippen molar-refractivity contribution >= 4 is 5.91 Å². The van der Waals surface area contributed by atoms with Gasteiger partial charge in [-0.1, -0.05) is 0 Å². The number of carbonyl (C=O) groups is 1. The van der Waals surface area contributed by atoms with E-state index in [2.05, 4.69) is 5.32 Å². The van der Waals surface area contributed by atoms with Crippen LogP contribution < -0.4 is 5.32 Å². The van der Waals surface area contributed by atoms with Crippen LogP contribution >= 0.6 is 0 Å². The molecule has 0 atom stereocenters. The number of ether oxygens (including phenoxy) is 1. The van der Waals surface area contributed by atoms with Crippen LogP contribution in [0.3, 0.4) is 0 Å². The van der Waals surface area contributed by atoms with Crippen LogP contribution in [0.4, 0.5) is 4.39 Å². The van der Waals surface area contributed by atoms with Gasteiger partial charge < -0.3 is 15.2 Å². The summed E-state index contributed by atoms with van der Waals surface area (Å²) < 4.78 is 18.1. The molecule has 1 amide bonds. The van der Waals surface area contributed by atoms with Crippen LogP contribution in [-0.4, -0.2) is 30.3 Å². The van der Waals surface area contributed by atoms with Gasteiger partial charge in [-0.3, -0.25) is 4.79 Å². The number of hydrogen-bond donors (Lipinski definition) is 2. The monoisotopic (exact) mass is 239 g/mol. The molecular formula is C12H14FNO3. The van der Waals surface area contributed by atoms with Gasteiger partial charge in [0.2, 0.25) is 0 Å². The van der Waals surface area contributed by atoms with Gasteiger partial charge in [0.05, 0.1) is 5.56 Å². The largest absolute Gasteiger partial charge is 0.507 e. The van der Waals surface area contributed by atoms with Gasteiger partial charge >= 0.3 is 0 Å². The summed E-state index contributed by atoms with van der Waals surface area (Å²) in [5.74, 6) is -1.20. The first-order valence-corrected chi connectivity index (χ1v) is 5.54. The van der Waals surface area contributed by atoms with Crippen molar-refractivity contribution < 1.29 is 19.0 Å². The normalized spacial score (nSPS) is 16.8. The molecule has 0 aromatic heterocycles. The van der Waals surface area contributed by atoms with E-state index in [9.17, 15) is 14.3 Å². The third kappa shape index (κ3) is 2.94. The minimum atomic E-state index is -0.542. The van der Waals surface area contributed by atoms with E-state index in [-0.39, 0.29) is 17.4 Å². The molecule has 1 saturated heterocycles. The molecule has 1 aliphatic heterocycles. The van der Waals surface area contributed by atoms with Gasteiger partial charge in [0, 0.05) is 19.3 Å². The fourth-order valence-corrected chi connectivity index (χ4v) is 1.80. The van der Waals surface area contributed by atoms with Gasteiger partial charge in [-0.25, -0.2) is 4.39 Å². The molecule has 0 unspecified atom stereocenters. The molecule has 5 heteroatoms. The van der Waals surface area contributed by atoms with Gasteiger partial charge in [0.25, 0.3) is 5.91 Å². The van der Waals surface area contributed by atoms with Crippen molar-refractivity contribution in [3.05, 3.63) is 29.6 Å². The van der Waals surface area contributed by atoms with Gasteiger partial charge in [0.15, 0.2) is 0 Å². The summed E-state index contributed by atoms with van der Waals surface area (Å²) in [5, 5.41) is 12.2. The highest BCUT2D eigenvalue weighted by Crippen LogP contribution is 2.18. The number of carbonyl (C=O) groups excluding carboxylic acids is 1. The Balaban J connectivity index is 2.05. The summed E-state index contributed by atoms with van der Waals surface area (Å²) in [4.78, 5) is 11.8. The molecule has 0 saturated carbocycles. The fraction of sp³-hybridized carbons (Fsp3) is 0.417. The van der Waals surface area contributed by atoms with Crippen molar-refractivity contribution in [1.82, 2.24) is 5.32 Å². The summed E-state index contributed by atoms with van der Waals surface area (Å²) >= 11 is 0. The third-order valence-corrected chi connectivity index (χ3v) is 2.76. The summed E-state index contributed by atoms with van der Waals surface area (Å²) in [6.07, 6.45) is 1.48. The lowest BCUT2D eigenvalue weighted by Crippen LogP contribution is -2.38. The lowest BCUT2D eigenvalue weighted by molar-refractivity contribution is 0.0695. The molecule has 92 valence electrons. The topological polar surface area (TPSA) is 58.6 Å². The quantitative estimate of drug-likeness (QED) is 0.821. The summed E-state index contributed by atoms with van der Waals surface area (Å²) in [6.45, 7) is 1.22. The second-order valence-corrected chi connectivity index (χ2v) is 4.02. The number of hydrogen-bond acceptors (Lipinski definition) is 3. The van der Waals surface area contributed by atoms with Crippen LogP contribution in [0.15, 0.2) is 18.2 Å². The lowest BCUT2D eigenvalue weighted by atomic mass is 10.1. The van der Waals surface area contributed by atoms with E-state index in [1.807, 2.05) is 0 Å². The van der Waals surface area contributed by atoms with E-state index in [1.54, 1.807) is 0 Å². The molecule has 4 nitrogen and oxygen atoms in total. The Morgan fingerprint density at radius 1 is 1.41 bits per heavy atom. The van der Waals surface area contributed by atoms with E-state index in [0.717, 1.165) is 25.0 Å². The van der Waals surface area contributed by atoms with Gasteiger partial charge in [-0.2, -0.15) is 0 Å². The molecule has 1 aromatic carbocycles. The maximum Gasteiger partial charge on any atom is 0.255 e. The Morgan fingerprint density at radius 3 is 2.82 bits per heavy atom. The van der Waals surface area contributed by atoms with Crippen LogP contribution in [0.25, 0.3) is 0 Å². The second-order valence-electron chi connectivity index (χ2n) is 4.02. The molecule has 1 fully saturated rings. The number of nitrogens with one attached hydrogen (secondary N) is 1. The zero-order chi connectivity index (χ0) is 12.3. The smallest absolute Gasteiger partial charge is 0.255 e. The van der Waals surface area contributed by atoms with Crippen LogP contribution in [0.2, 0.25) is 0 Å². The predicted molar refractivity (Wildman–Crippen MR) is 59.4 cm³/mol. The van der Waals surface area contributed by atoms with E-state index in [1.165, 1.54) is 6.07 Å². The van der Waals surface area contributed by atoms with Crippen LogP contribution in [0.1, 0.15) is 23.2 Å². The van der Waals surface area contributed by atoms with E-state index in [0.29, 0.717) is 13.2 Å². The number of rotatable bonds is 2. The molecule has 1 heterocycles. The van der Waals surface area contributed by atoms with Gasteiger partial charge in [0.1, 0.15) is 11.6 Å². The molecule has 17 heavy (non-hydrogen) atoms. The molecule has 1 aliphatic rings. The highest BCUT2D eigenvalue weighted by molar-refractivity contribution is 5.96. The van der Waals surface area contributed by atoms with Crippen molar-refractivity contribution in [2.24, 2.45) is 0 Å². The van der Waals surface area contributed by atoms with E-state index >= 15 is 0 Å². The summed E-state index contributed by atoms with van der Waals surface area (Å²) in [5.41, 5.74) is -0.0310. The van der Waals surface area contributed by atoms with E-state index in [4.69, 9.17) is 4.74 Å². The number of halogens is 1. The number of aromatic hydroxyl groups is 1. The molecular weight excluding hydrogens is 225 g/mol. The zero-order valence-electron chi connectivity index (χ0n) is 9.28. The summed E-state index contributed by atoms with van der Waals surface area (Å²) in [6, 6.07) is 3.35. The van der Waals surface area contributed by atoms with Crippen molar-refractivity contribution in [3.8, 4) is 5.75 Å². The van der Waals surface area contributed by atoms with Crippen molar-refractivity contribution in [2.75, 3.05) is 13.2 Å². The molecule has 0 spiro atoms. The Morgan fingerprint density at radius 2 is 2.12 bits per heavy atom. The number of phenolic OH excluding ortho intramolecular Hbond substituents is 1. The van der Waals surface area contributed by atoms with Crippen LogP contribution in [0, 0.1) is 5.82 Å². The lowest BCUT2D eigenvalue weighted by Gasteiger charge is -2.23. The Bertz CT molecular complexity index is 416. The Labute approximate surface area is 98.4 Å².